The van der Waals surface area contributed by atoms with Crippen molar-refractivity contribution in [3.63, 3.8) is 0 Å². The van der Waals surface area contributed by atoms with Crippen molar-refractivity contribution in [2.24, 2.45) is 0 Å². The highest BCUT2D eigenvalue weighted by molar-refractivity contribution is 5.92. The van der Waals surface area contributed by atoms with Crippen LogP contribution in [-0.2, 0) is 6.18 Å². The molecule has 1 atom stereocenters. The van der Waals surface area contributed by atoms with Crippen LogP contribution in [0.3, 0.4) is 0 Å². The summed E-state index contributed by atoms with van der Waals surface area (Å²) in [4.78, 5) is 23.2. The Morgan fingerprint density at radius 2 is 1.86 bits per heavy atom. The second-order valence-corrected chi connectivity index (χ2v) is 8.50. The third-order valence-corrected chi connectivity index (χ3v) is 5.82. The lowest BCUT2D eigenvalue weighted by Gasteiger charge is -2.26. The number of anilines is 2. The number of aryl methyl sites for hydroxylation is 1. The molecule has 1 unspecified atom stereocenters. The van der Waals surface area contributed by atoms with E-state index in [0.717, 1.165) is 12.1 Å². The fourth-order valence-corrected chi connectivity index (χ4v) is 3.99. The SMILES string of the molecule is COc1cc2nc(C)nc(NC(C)c3cc(N)cc(C(F)(F)F)c3)c2cc1OC(=O)N1CCNCC1. The molecule has 0 radical (unpaired) electrons. The number of nitrogen functional groups attached to an aromatic ring is 1. The molecule has 1 saturated heterocycles. The summed E-state index contributed by atoms with van der Waals surface area (Å²) in [5, 5.41) is 6.84. The van der Waals surface area contributed by atoms with Gasteiger partial charge < -0.3 is 30.7 Å². The van der Waals surface area contributed by atoms with E-state index < -0.39 is 23.9 Å². The van der Waals surface area contributed by atoms with Gasteiger partial charge in [-0.05, 0) is 43.7 Å². The van der Waals surface area contributed by atoms with Crippen LogP contribution in [-0.4, -0.2) is 54.2 Å². The number of aromatic nitrogens is 2. The van der Waals surface area contributed by atoms with Gasteiger partial charge >= 0.3 is 12.3 Å². The molecule has 192 valence electrons. The lowest BCUT2D eigenvalue weighted by atomic mass is 10.0. The molecule has 36 heavy (non-hydrogen) atoms. The molecule has 0 bridgehead atoms. The Morgan fingerprint density at radius 3 is 2.53 bits per heavy atom. The summed E-state index contributed by atoms with van der Waals surface area (Å²) in [5.74, 6) is 1.30. The van der Waals surface area contributed by atoms with E-state index in [9.17, 15) is 18.0 Å². The number of rotatable bonds is 5. The van der Waals surface area contributed by atoms with Gasteiger partial charge in [0.05, 0.1) is 24.2 Å². The Morgan fingerprint density at radius 1 is 1.14 bits per heavy atom. The maximum absolute atomic E-state index is 13.3. The molecule has 1 aliphatic heterocycles. The standard InChI is InChI=1S/C24H27F3N6O3/c1-13(15-8-16(24(25,26)27)10-17(28)9-15)30-22-18-11-21(36-23(34)33-6-4-29-5-7-33)20(35-3)12-19(18)31-14(2)32-22/h8-13,29H,4-7,28H2,1-3H3,(H,30,31,32). The first-order valence-electron chi connectivity index (χ1n) is 11.3. The van der Waals surface area contributed by atoms with Crippen molar-refractivity contribution < 1.29 is 27.4 Å². The van der Waals surface area contributed by atoms with E-state index in [0.29, 0.717) is 60.0 Å². The number of ether oxygens (including phenoxy) is 2. The van der Waals surface area contributed by atoms with Gasteiger partial charge in [-0.15, -0.1) is 0 Å². The van der Waals surface area contributed by atoms with E-state index in [-0.39, 0.29) is 11.4 Å². The average molecular weight is 505 g/mol. The van der Waals surface area contributed by atoms with Gasteiger partial charge in [0.1, 0.15) is 11.6 Å². The molecule has 1 aliphatic rings. The number of nitrogens with zero attached hydrogens (tertiary/aromatic N) is 3. The van der Waals surface area contributed by atoms with Gasteiger partial charge in [0.2, 0.25) is 0 Å². The number of amides is 1. The number of piperazine rings is 1. The van der Waals surface area contributed by atoms with Gasteiger partial charge in [-0.1, -0.05) is 0 Å². The first kappa shape index (κ1) is 25.3. The Balaban J connectivity index is 1.69. The maximum atomic E-state index is 13.3. The highest BCUT2D eigenvalue weighted by Crippen LogP contribution is 2.37. The lowest BCUT2D eigenvalue weighted by molar-refractivity contribution is -0.137. The third kappa shape index (κ3) is 5.54. The summed E-state index contributed by atoms with van der Waals surface area (Å²) in [7, 11) is 1.46. The van der Waals surface area contributed by atoms with E-state index in [1.54, 1.807) is 30.9 Å². The molecular formula is C24H27F3N6O3. The Hall–Kier alpha value is -3.80. The minimum atomic E-state index is -4.53. The topological polar surface area (TPSA) is 115 Å². The summed E-state index contributed by atoms with van der Waals surface area (Å²) in [6.07, 6.45) is -5.04. The molecule has 4 N–H and O–H groups in total. The number of hydrogen-bond acceptors (Lipinski definition) is 8. The number of hydrogen-bond donors (Lipinski definition) is 3. The number of fused-ring (bicyclic) bond motifs is 1. The monoisotopic (exact) mass is 504 g/mol. The summed E-state index contributed by atoms with van der Waals surface area (Å²) < 4.78 is 50.9. The fourth-order valence-electron chi connectivity index (χ4n) is 3.99. The van der Waals surface area contributed by atoms with E-state index in [2.05, 4.69) is 20.6 Å². The van der Waals surface area contributed by atoms with Gasteiger partial charge in [-0.2, -0.15) is 13.2 Å². The summed E-state index contributed by atoms with van der Waals surface area (Å²) in [6, 6.07) is 6.05. The zero-order valence-corrected chi connectivity index (χ0v) is 20.1. The van der Waals surface area contributed by atoms with Crippen LogP contribution in [0.2, 0.25) is 0 Å². The summed E-state index contributed by atoms with van der Waals surface area (Å²) >= 11 is 0. The van der Waals surface area contributed by atoms with E-state index in [1.807, 2.05) is 0 Å². The van der Waals surface area contributed by atoms with Gasteiger partial charge in [0, 0.05) is 43.3 Å². The van der Waals surface area contributed by atoms with E-state index >= 15 is 0 Å². The highest BCUT2D eigenvalue weighted by Gasteiger charge is 2.31. The summed E-state index contributed by atoms with van der Waals surface area (Å²) in [6.45, 7) is 5.77. The average Bonchev–Trinajstić information content (AvgIpc) is 2.83. The van der Waals surface area contributed by atoms with Gasteiger partial charge in [-0.3, -0.25) is 0 Å². The number of alkyl halides is 3. The Bertz CT molecular complexity index is 1280. The first-order valence-corrected chi connectivity index (χ1v) is 11.3. The van der Waals surface area contributed by atoms with Crippen molar-refractivity contribution in [3.8, 4) is 11.5 Å². The molecule has 4 rings (SSSR count). The van der Waals surface area contributed by atoms with Crippen LogP contribution in [0.15, 0.2) is 30.3 Å². The molecule has 0 spiro atoms. The van der Waals surface area contributed by atoms with Crippen LogP contribution in [0, 0.1) is 6.92 Å². The second kappa shape index (κ2) is 10.1. The van der Waals surface area contributed by atoms with Gasteiger partial charge in [0.25, 0.3) is 0 Å². The van der Waals surface area contributed by atoms with Crippen molar-refractivity contribution in [2.75, 3.05) is 44.3 Å². The number of carbonyl (C=O) groups is 1. The molecule has 12 heteroatoms. The van der Waals surface area contributed by atoms with Crippen LogP contribution in [0.25, 0.3) is 10.9 Å². The van der Waals surface area contributed by atoms with E-state index in [4.69, 9.17) is 15.2 Å². The quantitative estimate of drug-likeness (QED) is 0.445. The number of nitrogens with two attached hydrogens (primary N) is 1. The number of nitrogens with one attached hydrogen (secondary N) is 2. The number of methoxy groups -OCH3 is 1. The summed E-state index contributed by atoms with van der Waals surface area (Å²) in [5.41, 5.74) is 5.76. The van der Waals surface area contributed by atoms with Crippen molar-refractivity contribution in [1.29, 1.82) is 0 Å². The lowest BCUT2D eigenvalue weighted by Crippen LogP contribution is -2.47. The molecule has 1 aromatic heterocycles. The van der Waals surface area contributed by atoms with Crippen molar-refractivity contribution in [3.05, 3.63) is 47.3 Å². The number of benzene rings is 2. The molecule has 1 fully saturated rings. The highest BCUT2D eigenvalue weighted by atomic mass is 19.4. The van der Waals surface area contributed by atoms with Crippen molar-refractivity contribution >= 4 is 28.5 Å². The second-order valence-electron chi connectivity index (χ2n) is 8.50. The Kier molecular flexibility index (Phi) is 7.07. The van der Waals surface area contributed by atoms with E-state index in [1.165, 1.54) is 13.2 Å². The minimum Gasteiger partial charge on any atom is -0.493 e. The van der Waals surface area contributed by atoms with Crippen molar-refractivity contribution in [1.82, 2.24) is 20.2 Å². The predicted molar refractivity (Wildman–Crippen MR) is 129 cm³/mol. The zero-order chi connectivity index (χ0) is 26.0. The molecule has 2 heterocycles. The van der Waals surface area contributed by atoms with Crippen LogP contribution >= 0.6 is 0 Å². The molecule has 2 aromatic carbocycles. The largest absolute Gasteiger partial charge is 0.493 e. The van der Waals surface area contributed by atoms with Crippen LogP contribution < -0.4 is 25.8 Å². The smallest absolute Gasteiger partial charge is 0.416 e. The predicted octanol–water partition coefficient (Wildman–Crippen LogP) is 4.12. The molecule has 0 aliphatic carbocycles. The Labute approximate surface area is 205 Å². The fraction of sp³-hybridized carbons (Fsp3) is 0.375. The maximum Gasteiger partial charge on any atom is 0.416 e. The third-order valence-electron chi connectivity index (χ3n) is 5.82. The zero-order valence-electron chi connectivity index (χ0n) is 20.1. The minimum absolute atomic E-state index is 0.00375. The number of carbonyl (C=O) groups excluding carboxylic acids is 1. The van der Waals surface area contributed by atoms with Crippen molar-refractivity contribution in [2.45, 2.75) is 26.1 Å². The molecule has 1 amide bonds. The molecule has 0 saturated carbocycles. The van der Waals surface area contributed by atoms with Gasteiger partial charge in [-0.25, -0.2) is 14.8 Å². The molecule has 9 nitrogen and oxygen atoms in total. The first-order chi connectivity index (χ1) is 17.0. The van der Waals surface area contributed by atoms with Crippen LogP contribution in [0.4, 0.5) is 29.5 Å². The molecule has 3 aromatic rings. The molecular weight excluding hydrogens is 477 g/mol. The normalized spacial score (nSPS) is 15.0. The van der Waals surface area contributed by atoms with Gasteiger partial charge in [0.15, 0.2) is 11.5 Å². The van der Waals surface area contributed by atoms with Crippen LogP contribution in [0.1, 0.15) is 29.9 Å². The van der Waals surface area contributed by atoms with Crippen LogP contribution in [0.5, 0.6) is 11.5 Å². The number of halogens is 3.